The molecule has 150 valence electrons. The lowest BCUT2D eigenvalue weighted by atomic mass is 10.1. The molecule has 0 unspecified atom stereocenters. The van der Waals surface area contributed by atoms with Gasteiger partial charge in [0.25, 0.3) is 5.91 Å². The SMILES string of the molecule is CC(C)[C@H](CO)Nc1nc(NC(=O)c2ccc(N)cc2)cc(-c2ccncc2)n1. The van der Waals surface area contributed by atoms with Crippen molar-refractivity contribution in [2.75, 3.05) is 23.0 Å². The molecule has 0 bridgehead atoms. The van der Waals surface area contributed by atoms with E-state index in [2.05, 4.69) is 25.6 Å². The van der Waals surface area contributed by atoms with E-state index in [9.17, 15) is 9.90 Å². The molecule has 0 aliphatic carbocycles. The minimum absolute atomic E-state index is 0.0619. The summed E-state index contributed by atoms with van der Waals surface area (Å²) in [5.41, 5.74) is 8.18. The maximum atomic E-state index is 12.6. The lowest BCUT2D eigenvalue weighted by molar-refractivity contribution is 0.102. The predicted octanol–water partition coefficient (Wildman–Crippen LogP) is 2.80. The van der Waals surface area contributed by atoms with Crippen molar-refractivity contribution in [3.63, 3.8) is 0 Å². The largest absolute Gasteiger partial charge is 0.399 e. The molecule has 0 fully saturated rings. The van der Waals surface area contributed by atoms with Crippen molar-refractivity contribution in [1.29, 1.82) is 0 Å². The second kappa shape index (κ2) is 9.11. The highest BCUT2D eigenvalue weighted by atomic mass is 16.3. The molecule has 8 heteroatoms. The Bertz CT molecular complexity index is 961. The topological polar surface area (TPSA) is 126 Å². The van der Waals surface area contributed by atoms with Crippen LogP contribution < -0.4 is 16.4 Å². The first-order valence-electron chi connectivity index (χ1n) is 9.30. The highest BCUT2D eigenvalue weighted by molar-refractivity contribution is 6.04. The van der Waals surface area contributed by atoms with Crippen LogP contribution in [0.15, 0.2) is 54.9 Å². The Hall–Kier alpha value is -3.52. The molecule has 0 spiro atoms. The van der Waals surface area contributed by atoms with Crippen LogP contribution in [0.5, 0.6) is 0 Å². The molecule has 1 amide bonds. The summed E-state index contributed by atoms with van der Waals surface area (Å²) in [5.74, 6) is 0.523. The maximum Gasteiger partial charge on any atom is 0.256 e. The lowest BCUT2D eigenvalue weighted by Crippen LogP contribution is -2.30. The molecule has 1 atom stereocenters. The second-order valence-electron chi connectivity index (χ2n) is 6.95. The van der Waals surface area contributed by atoms with Gasteiger partial charge in [-0.3, -0.25) is 9.78 Å². The monoisotopic (exact) mass is 392 g/mol. The number of benzene rings is 1. The number of nitrogens with zero attached hydrogens (tertiary/aromatic N) is 3. The van der Waals surface area contributed by atoms with Crippen molar-refractivity contribution in [2.24, 2.45) is 5.92 Å². The number of hydrogen-bond donors (Lipinski definition) is 4. The average molecular weight is 392 g/mol. The predicted molar refractivity (Wildman–Crippen MR) is 113 cm³/mol. The molecule has 2 heterocycles. The van der Waals surface area contributed by atoms with Gasteiger partial charge in [0.1, 0.15) is 5.82 Å². The summed E-state index contributed by atoms with van der Waals surface area (Å²) < 4.78 is 0. The molecule has 3 aromatic rings. The third kappa shape index (κ3) is 5.26. The van der Waals surface area contributed by atoms with Crippen LogP contribution in [0.2, 0.25) is 0 Å². The van der Waals surface area contributed by atoms with E-state index in [0.717, 1.165) is 5.56 Å². The van der Waals surface area contributed by atoms with Crippen molar-refractivity contribution < 1.29 is 9.90 Å². The van der Waals surface area contributed by atoms with Gasteiger partial charge >= 0.3 is 0 Å². The van der Waals surface area contributed by atoms with Crippen LogP contribution in [0.1, 0.15) is 24.2 Å². The van der Waals surface area contributed by atoms with Crippen LogP contribution in [-0.4, -0.2) is 38.6 Å². The Morgan fingerprint density at radius 2 is 1.79 bits per heavy atom. The van der Waals surface area contributed by atoms with Gasteiger partial charge in [-0.15, -0.1) is 0 Å². The summed E-state index contributed by atoms with van der Waals surface area (Å²) in [7, 11) is 0. The fourth-order valence-corrected chi connectivity index (χ4v) is 2.66. The van der Waals surface area contributed by atoms with Crippen molar-refractivity contribution in [3.05, 3.63) is 60.4 Å². The molecule has 5 N–H and O–H groups in total. The van der Waals surface area contributed by atoms with Gasteiger partial charge in [0.2, 0.25) is 5.95 Å². The first-order valence-corrected chi connectivity index (χ1v) is 9.30. The Morgan fingerprint density at radius 3 is 2.41 bits per heavy atom. The van der Waals surface area contributed by atoms with E-state index in [1.165, 1.54) is 0 Å². The van der Waals surface area contributed by atoms with E-state index in [0.29, 0.717) is 28.7 Å². The number of aliphatic hydroxyl groups is 1. The molecule has 29 heavy (non-hydrogen) atoms. The van der Waals surface area contributed by atoms with Gasteiger partial charge in [0, 0.05) is 35.3 Å². The third-order valence-corrected chi connectivity index (χ3v) is 4.43. The van der Waals surface area contributed by atoms with Crippen molar-refractivity contribution in [3.8, 4) is 11.3 Å². The molecule has 0 saturated heterocycles. The zero-order chi connectivity index (χ0) is 20.8. The number of carbonyl (C=O) groups excluding carboxylic acids is 1. The second-order valence-corrected chi connectivity index (χ2v) is 6.95. The first-order chi connectivity index (χ1) is 14.0. The molecular formula is C21H24N6O2. The molecule has 8 nitrogen and oxygen atoms in total. The number of carbonyl (C=O) groups is 1. The van der Waals surface area contributed by atoms with E-state index in [1.807, 2.05) is 26.0 Å². The number of aliphatic hydroxyl groups excluding tert-OH is 1. The van der Waals surface area contributed by atoms with Crippen molar-refractivity contribution in [1.82, 2.24) is 15.0 Å². The zero-order valence-electron chi connectivity index (χ0n) is 16.3. The smallest absolute Gasteiger partial charge is 0.256 e. The van der Waals surface area contributed by atoms with Crippen LogP contribution in [0.4, 0.5) is 17.5 Å². The minimum atomic E-state index is -0.308. The minimum Gasteiger partial charge on any atom is -0.399 e. The summed E-state index contributed by atoms with van der Waals surface area (Å²) in [4.78, 5) is 25.6. The number of hydrogen-bond acceptors (Lipinski definition) is 7. The van der Waals surface area contributed by atoms with Crippen LogP contribution in [0.3, 0.4) is 0 Å². The number of aromatic nitrogens is 3. The van der Waals surface area contributed by atoms with E-state index >= 15 is 0 Å². The fourth-order valence-electron chi connectivity index (χ4n) is 2.66. The van der Waals surface area contributed by atoms with Crippen LogP contribution in [-0.2, 0) is 0 Å². The lowest BCUT2D eigenvalue weighted by Gasteiger charge is -2.20. The summed E-state index contributed by atoms with van der Waals surface area (Å²) >= 11 is 0. The van der Waals surface area contributed by atoms with Crippen LogP contribution in [0, 0.1) is 5.92 Å². The summed E-state index contributed by atoms with van der Waals surface area (Å²) in [5, 5.41) is 15.6. The normalized spacial score (nSPS) is 11.9. The number of anilines is 3. The molecular weight excluding hydrogens is 368 g/mol. The maximum absolute atomic E-state index is 12.6. The fraction of sp³-hybridized carbons (Fsp3) is 0.238. The zero-order valence-corrected chi connectivity index (χ0v) is 16.3. The molecule has 2 aromatic heterocycles. The molecule has 0 radical (unpaired) electrons. The van der Waals surface area contributed by atoms with E-state index in [4.69, 9.17) is 5.73 Å². The highest BCUT2D eigenvalue weighted by Gasteiger charge is 2.16. The summed E-state index contributed by atoms with van der Waals surface area (Å²) in [6.07, 6.45) is 3.34. The van der Waals surface area contributed by atoms with Gasteiger partial charge < -0.3 is 21.5 Å². The van der Waals surface area contributed by atoms with Gasteiger partial charge in [-0.25, -0.2) is 4.98 Å². The molecule has 0 saturated carbocycles. The Morgan fingerprint density at radius 1 is 1.10 bits per heavy atom. The molecule has 3 rings (SSSR count). The number of nitrogen functional groups attached to an aromatic ring is 1. The summed E-state index contributed by atoms with van der Waals surface area (Å²) in [6, 6.07) is 11.7. The molecule has 0 aliphatic rings. The average Bonchev–Trinajstić information content (AvgIpc) is 2.72. The van der Waals surface area contributed by atoms with E-state index in [1.54, 1.807) is 42.7 Å². The van der Waals surface area contributed by atoms with Crippen molar-refractivity contribution >= 4 is 23.4 Å². The Labute approximate surface area is 169 Å². The van der Waals surface area contributed by atoms with Gasteiger partial charge in [-0.05, 0) is 42.3 Å². The van der Waals surface area contributed by atoms with Gasteiger partial charge in [0.15, 0.2) is 0 Å². The first kappa shape index (κ1) is 20.2. The molecule has 1 aromatic carbocycles. The third-order valence-electron chi connectivity index (χ3n) is 4.43. The van der Waals surface area contributed by atoms with Crippen molar-refractivity contribution in [2.45, 2.75) is 19.9 Å². The number of nitrogens with one attached hydrogen (secondary N) is 2. The number of rotatable bonds is 7. The highest BCUT2D eigenvalue weighted by Crippen LogP contribution is 2.22. The molecule has 0 aliphatic heterocycles. The van der Waals surface area contributed by atoms with Gasteiger partial charge in [0.05, 0.1) is 18.3 Å². The number of nitrogens with two attached hydrogens (primary N) is 1. The van der Waals surface area contributed by atoms with E-state index < -0.39 is 0 Å². The van der Waals surface area contributed by atoms with Gasteiger partial charge in [-0.1, -0.05) is 13.8 Å². The number of pyridine rings is 1. The summed E-state index contributed by atoms with van der Waals surface area (Å²) in [6.45, 7) is 3.92. The van der Waals surface area contributed by atoms with Gasteiger partial charge in [-0.2, -0.15) is 4.98 Å². The van der Waals surface area contributed by atoms with Crippen LogP contribution in [0.25, 0.3) is 11.3 Å². The quantitative estimate of drug-likeness (QED) is 0.455. The Balaban J connectivity index is 1.93. The standard InChI is InChI=1S/C21H24N6O2/c1-13(2)18(12-28)25-21-24-17(14-7-9-23-10-8-14)11-19(27-21)26-20(29)15-3-5-16(22)6-4-15/h3-11,13,18,28H,12,22H2,1-2H3,(H2,24,25,26,27,29)/t18-/m0/s1. The van der Waals surface area contributed by atoms with Crippen LogP contribution >= 0.6 is 0 Å². The number of amides is 1. The van der Waals surface area contributed by atoms with E-state index in [-0.39, 0.29) is 24.5 Å². The Kier molecular flexibility index (Phi) is 6.36.